The molecular weight excluding hydrogens is 412 g/mol. The Labute approximate surface area is 183 Å². The highest BCUT2D eigenvalue weighted by molar-refractivity contribution is 5.72. The normalized spacial score (nSPS) is 12.4. The van der Waals surface area contributed by atoms with Gasteiger partial charge in [0.25, 0.3) is 5.56 Å². The molecule has 3 aromatic heterocycles. The molecule has 1 aromatic carbocycles. The molecule has 32 heavy (non-hydrogen) atoms. The average Bonchev–Trinajstić information content (AvgIpc) is 3.30. The van der Waals surface area contributed by atoms with E-state index in [9.17, 15) is 14.7 Å². The van der Waals surface area contributed by atoms with Crippen LogP contribution in [0.3, 0.4) is 0 Å². The Morgan fingerprint density at radius 1 is 1.19 bits per heavy atom. The van der Waals surface area contributed by atoms with Gasteiger partial charge in [0.2, 0.25) is 5.95 Å². The van der Waals surface area contributed by atoms with Crippen molar-refractivity contribution in [3.8, 4) is 11.7 Å². The fourth-order valence-electron chi connectivity index (χ4n) is 3.67. The Balaban J connectivity index is 1.70. The second-order valence-corrected chi connectivity index (χ2v) is 7.81. The number of aliphatic hydroxyl groups excluding tert-OH is 1. The average molecular weight is 438 g/mol. The first kappa shape index (κ1) is 21.6. The molecule has 10 nitrogen and oxygen atoms in total. The van der Waals surface area contributed by atoms with Crippen molar-refractivity contribution in [2.45, 2.75) is 39.8 Å². The molecule has 3 heterocycles. The Hall–Kier alpha value is -3.66. The summed E-state index contributed by atoms with van der Waals surface area (Å²) in [7, 11) is 1.53. The first-order valence-electron chi connectivity index (χ1n) is 10.4. The number of benzene rings is 1. The highest BCUT2D eigenvalue weighted by Crippen LogP contribution is 2.18. The maximum atomic E-state index is 12.7. The minimum Gasteiger partial charge on any atom is -0.491 e. The van der Waals surface area contributed by atoms with Gasteiger partial charge >= 0.3 is 5.69 Å². The van der Waals surface area contributed by atoms with Crippen LogP contribution in [-0.4, -0.2) is 46.7 Å². The standard InChI is InChI=1S/C22H26N6O4/c1-5-15-6-8-17(9-7-15)32-12-16(29)11-27-18-19(26(4)22(31)24-20(18)30)23-21(27)28-14(3)10-13(2)25-28/h6-10,16,29H,5,11-12H2,1-4H3,(H,24,30,31). The van der Waals surface area contributed by atoms with Crippen molar-refractivity contribution in [3.05, 3.63) is 68.1 Å². The maximum absolute atomic E-state index is 12.7. The number of fused-ring (bicyclic) bond motifs is 1. The molecule has 0 saturated heterocycles. The topological polar surface area (TPSA) is 120 Å². The van der Waals surface area contributed by atoms with Crippen molar-refractivity contribution in [1.82, 2.24) is 28.9 Å². The molecule has 168 valence electrons. The molecule has 10 heteroatoms. The Bertz CT molecular complexity index is 1380. The summed E-state index contributed by atoms with van der Waals surface area (Å²) in [5, 5.41) is 15.2. The summed E-state index contributed by atoms with van der Waals surface area (Å²) in [6, 6.07) is 9.56. The van der Waals surface area contributed by atoms with Crippen molar-refractivity contribution in [2.75, 3.05) is 6.61 Å². The summed E-state index contributed by atoms with van der Waals surface area (Å²) in [6.07, 6.45) is -0.00597. The number of hydrogen-bond acceptors (Lipinski definition) is 6. The van der Waals surface area contributed by atoms with E-state index in [1.807, 2.05) is 44.2 Å². The van der Waals surface area contributed by atoms with Crippen LogP contribution in [0.2, 0.25) is 0 Å². The molecular formula is C22H26N6O4. The minimum atomic E-state index is -0.939. The van der Waals surface area contributed by atoms with Gasteiger partial charge in [-0.15, -0.1) is 0 Å². The van der Waals surface area contributed by atoms with Crippen molar-refractivity contribution < 1.29 is 9.84 Å². The molecule has 0 aliphatic heterocycles. The van der Waals surface area contributed by atoms with Crippen LogP contribution in [0.25, 0.3) is 17.1 Å². The van der Waals surface area contributed by atoms with Gasteiger partial charge in [0.15, 0.2) is 11.2 Å². The van der Waals surface area contributed by atoms with E-state index in [2.05, 4.69) is 22.0 Å². The van der Waals surface area contributed by atoms with Gasteiger partial charge in [-0.3, -0.25) is 18.9 Å². The number of aryl methyl sites for hydroxylation is 4. The summed E-state index contributed by atoms with van der Waals surface area (Å²) < 4.78 is 10.2. The lowest BCUT2D eigenvalue weighted by Gasteiger charge is -2.16. The highest BCUT2D eigenvalue weighted by Gasteiger charge is 2.22. The number of aromatic nitrogens is 6. The monoisotopic (exact) mass is 438 g/mol. The van der Waals surface area contributed by atoms with Gasteiger partial charge in [-0.25, -0.2) is 9.48 Å². The summed E-state index contributed by atoms with van der Waals surface area (Å²) in [5.41, 5.74) is 2.04. The molecule has 0 aliphatic carbocycles. The zero-order valence-corrected chi connectivity index (χ0v) is 18.5. The number of hydrogen-bond donors (Lipinski definition) is 2. The maximum Gasteiger partial charge on any atom is 0.329 e. The van der Waals surface area contributed by atoms with Crippen molar-refractivity contribution in [1.29, 1.82) is 0 Å². The van der Waals surface area contributed by atoms with E-state index < -0.39 is 17.4 Å². The van der Waals surface area contributed by atoms with Gasteiger partial charge < -0.3 is 9.84 Å². The van der Waals surface area contributed by atoms with Crippen LogP contribution in [0, 0.1) is 13.8 Å². The van der Waals surface area contributed by atoms with E-state index in [0.29, 0.717) is 11.7 Å². The zero-order chi connectivity index (χ0) is 23.0. The number of H-pyrrole nitrogens is 1. The van der Waals surface area contributed by atoms with E-state index in [1.165, 1.54) is 17.2 Å². The highest BCUT2D eigenvalue weighted by atomic mass is 16.5. The predicted molar refractivity (Wildman–Crippen MR) is 120 cm³/mol. The summed E-state index contributed by atoms with van der Waals surface area (Å²) in [5.74, 6) is 0.986. The van der Waals surface area contributed by atoms with Crippen LogP contribution < -0.4 is 16.0 Å². The molecule has 1 unspecified atom stereocenters. The van der Waals surface area contributed by atoms with Crippen molar-refractivity contribution >= 4 is 11.2 Å². The third-order valence-electron chi connectivity index (χ3n) is 5.35. The molecule has 4 aromatic rings. The van der Waals surface area contributed by atoms with Gasteiger partial charge in [-0.05, 0) is 44.0 Å². The van der Waals surface area contributed by atoms with Gasteiger partial charge in [-0.2, -0.15) is 10.1 Å². The number of aromatic amines is 1. The van der Waals surface area contributed by atoms with Crippen LogP contribution >= 0.6 is 0 Å². The summed E-state index contributed by atoms with van der Waals surface area (Å²) >= 11 is 0. The molecule has 0 fully saturated rings. The van der Waals surface area contributed by atoms with Crippen molar-refractivity contribution in [3.63, 3.8) is 0 Å². The SMILES string of the molecule is CCc1ccc(OCC(O)Cn2c(-n3nc(C)cc3C)nc3c2c(=O)[nH]c(=O)n3C)cc1. The number of aliphatic hydroxyl groups is 1. The van der Waals surface area contributed by atoms with E-state index in [0.717, 1.165) is 17.8 Å². The van der Waals surface area contributed by atoms with Crippen LogP contribution in [-0.2, 0) is 20.0 Å². The van der Waals surface area contributed by atoms with Gasteiger partial charge in [0, 0.05) is 12.7 Å². The first-order valence-corrected chi connectivity index (χ1v) is 10.4. The van der Waals surface area contributed by atoms with Crippen molar-refractivity contribution in [2.24, 2.45) is 7.05 Å². The number of rotatable bonds is 7. The van der Waals surface area contributed by atoms with Gasteiger partial charge in [0.05, 0.1) is 12.2 Å². The summed E-state index contributed by atoms with van der Waals surface area (Å²) in [6.45, 7) is 5.84. The molecule has 2 N–H and O–H groups in total. The Morgan fingerprint density at radius 3 is 2.53 bits per heavy atom. The third-order valence-corrected chi connectivity index (χ3v) is 5.35. The largest absolute Gasteiger partial charge is 0.491 e. The molecule has 0 spiro atoms. The predicted octanol–water partition coefficient (Wildman–Crippen LogP) is 1.23. The Kier molecular flexibility index (Phi) is 5.70. The molecule has 0 aliphatic rings. The quantitative estimate of drug-likeness (QED) is 0.448. The molecule has 0 bridgehead atoms. The van der Waals surface area contributed by atoms with E-state index >= 15 is 0 Å². The van der Waals surface area contributed by atoms with E-state index in [1.54, 1.807) is 9.25 Å². The lowest BCUT2D eigenvalue weighted by atomic mass is 10.2. The molecule has 0 radical (unpaired) electrons. The van der Waals surface area contributed by atoms with E-state index in [-0.39, 0.29) is 24.3 Å². The smallest absolute Gasteiger partial charge is 0.329 e. The first-order chi connectivity index (χ1) is 15.3. The number of nitrogens with zero attached hydrogens (tertiary/aromatic N) is 5. The van der Waals surface area contributed by atoms with Crippen LogP contribution in [0.5, 0.6) is 5.75 Å². The minimum absolute atomic E-state index is 0.0192. The number of ether oxygens (including phenoxy) is 1. The second kappa shape index (κ2) is 8.46. The van der Waals surface area contributed by atoms with E-state index in [4.69, 9.17) is 4.74 Å². The van der Waals surface area contributed by atoms with Crippen LogP contribution in [0.1, 0.15) is 23.9 Å². The fourth-order valence-corrected chi connectivity index (χ4v) is 3.67. The third kappa shape index (κ3) is 3.96. The molecule has 1 atom stereocenters. The second-order valence-electron chi connectivity index (χ2n) is 7.81. The molecule has 4 rings (SSSR count). The molecule has 0 amide bonds. The number of imidazole rings is 1. The lowest BCUT2D eigenvalue weighted by Crippen LogP contribution is -2.31. The lowest BCUT2D eigenvalue weighted by molar-refractivity contribution is 0.0932. The zero-order valence-electron chi connectivity index (χ0n) is 18.5. The Morgan fingerprint density at radius 2 is 1.91 bits per heavy atom. The summed E-state index contributed by atoms with van der Waals surface area (Å²) in [4.78, 5) is 31.6. The number of nitrogens with one attached hydrogen (secondary N) is 1. The molecule has 0 saturated carbocycles. The van der Waals surface area contributed by atoms with Gasteiger partial charge in [-0.1, -0.05) is 19.1 Å². The fraction of sp³-hybridized carbons (Fsp3) is 0.364. The van der Waals surface area contributed by atoms with Crippen LogP contribution in [0.15, 0.2) is 39.9 Å². The van der Waals surface area contributed by atoms with Crippen LogP contribution in [0.4, 0.5) is 0 Å². The van der Waals surface area contributed by atoms with Gasteiger partial charge in [0.1, 0.15) is 18.5 Å².